The van der Waals surface area contributed by atoms with Crippen LogP contribution in [0.15, 0.2) is 28.7 Å². The fraction of sp³-hybridized carbons (Fsp3) is 0.500. The molecular formula is C12H16BrNOS. The summed E-state index contributed by atoms with van der Waals surface area (Å²) in [5.74, 6) is 1.54. The molecule has 1 saturated heterocycles. The maximum absolute atomic E-state index is 11.8. The van der Waals surface area contributed by atoms with Crippen molar-refractivity contribution >= 4 is 26.7 Å². The fourth-order valence-electron chi connectivity index (χ4n) is 1.97. The minimum absolute atomic E-state index is 0.218. The van der Waals surface area contributed by atoms with E-state index >= 15 is 0 Å². The van der Waals surface area contributed by atoms with Crippen LogP contribution in [0.25, 0.3) is 0 Å². The molecule has 0 bridgehead atoms. The van der Waals surface area contributed by atoms with Gasteiger partial charge in [0, 0.05) is 38.9 Å². The highest BCUT2D eigenvalue weighted by Crippen LogP contribution is 2.22. The largest absolute Gasteiger partial charge is 0.307 e. The zero-order valence-electron chi connectivity index (χ0n) is 9.28. The molecule has 0 amide bonds. The lowest BCUT2D eigenvalue weighted by molar-refractivity contribution is 0.484. The topological polar surface area (TPSA) is 29.1 Å². The monoisotopic (exact) mass is 301 g/mol. The summed E-state index contributed by atoms with van der Waals surface area (Å²) in [7, 11) is -0.693. The van der Waals surface area contributed by atoms with Crippen LogP contribution in [0.2, 0.25) is 0 Å². The summed E-state index contributed by atoms with van der Waals surface area (Å²) < 4.78 is 12.8. The number of nitrogens with one attached hydrogen (secondary N) is 1. The third kappa shape index (κ3) is 3.15. The second-order valence-corrected chi connectivity index (χ2v) is 6.81. The van der Waals surface area contributed by atoms with Gasteiger partial charge in [-0.1, -0.05) is 28.1 Å². The molecule has 0 radical (unpaired) electrons. The third-order valence-electron chi connectivity index (χ3n) is 2.87. The zero-order chi connectivity index (χ0) is 11.5. The first kappa shape index (κ1) is 12.3. The molecule has 2 rings (SSSR count). The lowest BCUT2D eigenvalue weighted by Crippen LogP contribution is -2.30. The smallest absolute Gasteiger partial charge is 0.0439 e. The minimum atomic E-state index is -0.693. The van der Waals surface area contributed by atoms with Gasteiger partial charge in [0.2, 0.25) is 0 Å². The highest BCUT2D eigenvalue weighted by atomic mass is 79.9. The van der Waals surface area contributed by atoms with Crippen LogP contribution in [0.3, 0.4) is 0 Å². The molecule has 1 aromatic carbocycles. The molecule has 1 N–H and O–H groups in total. The van der Waals surface area contributed by atoms with Crippen molar-refractivity contribution in [3.8, 4) is 0 Å². The number of hydrogen-bond acceptors (Lipinski definition) is 2. The molecule has 1 aliphatic heterocycles. The van der Waals surface area contributed by atoms with Gasteiger partial charge in [-0.2, -0.15) is 0 Å². The van der Waals surface area contributed by atoms with E-state index in [4.69, 9.17) is 0 Å². The highest BCUT2D eigenvalue weighted by Gasteiger charge is 2.21. The van der Waals surface area contributed by atoms with E-state index in [0.717, 1.165) is 22.4 Å². The van der Waals surface area contributed by atoms with Crippen LogP contribution in [0.5, 0.6) is 0 Å². The second-order valence-electron chi connectivity index (χ2n) is 4.27. The van der Waals surface area contributed by atoms with Crippen molar-refractivity contribution in [2.24, 2.45) is 0 Å². The van der Waals surface area contributed by atoms with Crippen LogP contribution < -0.4 is 5.32 Å². The molecule has 3 unspecified atom stereocenters. The van der Waals surface area contributed by atoms with E-state index in [0.29, 0.717) is 6.04 Å². The van der Waals surface area contributed by atoms with Gasteiger partial charge < -0.3 is 5.32 Å². The highest BCUT2D eigenvalue weighted by molar-refractivity contribution is 9.10. The first-order valence-corrected chi connectivity index (χ1v) is 7.80. The van der Waals surface area contributed by atoms with E-state index in [2.05, 4.69) is 40.3 Å². The van der Waals surface area contributed by atoms with Crippen molar-refractivity contribution in [1.82, 2.24) is 5.32 Å². The normalized spacial score (nSPS) is 31.0. The van der Waals surface area contributed by atoms with Crippen molar-refractivity contribution in [1.29, 1.82) is 0 Å². The molecule has 16 heavy (non-hydrogen) atoms. The molecule has 0 spiro atoms. The van der Waals surface area contributed by atoms with Gasteiger partial charge in [-0.3, -0.25) is 4.21 Å². The van der Waals surface area contributed by atoms with Gasteiger partial charge in [0.05, 0.1) is 0 Å². The summed E-state index contributed by atoms with van der Waals surface area (Å²) in [6, 6.07) is 8.90. The van der Waals surface area contributed by atoms with Gasteiger partial charge in [-0.15, -0.1) is 0 Å². The summed E-state index contributed by atoms with van der Waals surface area (Å²) in [5, 5.41) is 3.54. The van der Waals surface area contributed by atoms with Crippen molar-refractivity contribution in [2.45, 2.75) is 25.4 Å². The fourth-order valence-corrected chi connectivity index (χ4v) is 3.83. The zero-order valence-corrected chi connectivity index (χ0v) is 11.7. The van der Waals surface area contributed by atoms with E-state index in [1.54, 1.807) is 0 Å². The number of benzene rings is 1. The molecule has 1 fully saturated rings. The molecule has 3 atom stereocenters. The van der Waals surface area contributed by atoms with Crippen LogP contribution in [0, 0.1) is 0 Å². The molecule has 0 aromatic heterocycles. The predicted molar refractivity (Wildman–Crippen MR) is 72.0 cm³/mol. The van der Waals surface area contributed by atoms with Crippen LogP contribution in [-0.4, -0.2) is 21.8 Å². The first-order valence-electron chi connectivity index (χ1n) is 5.51. The Hall–Kier alpha value is -0.190. The Balaban J connectivity index is 2.21. The van der Waals surface area contributed by atoms with E-state index in [1.807, 2.05) is 12.1 Å². The Labute approximate surface area is 107 Å². The van der Waals surface area contributed by atoms with E-state index in [-0.39, 0.29) is 6.04 Å². The van der Waals surface area contributed by atoms with Gasteiger partial charge >= 0.3 is 0 Å². The lowest BCUT2D eigenvalue weighted by Gasteiger charge is -2.19. The molecule has 0 aliphatic carbocycles. The van der Waals surface area contributed by atoms with Gasteiger partial charge in [-0.25, -0.2) is 0 Å². The van der Waals surface area contributed by atoms with E-state index < -0.39 is 10.8 Å². The average molecular weight is 302 g/mol. The van der Waals surface area contributed by atoms with E-state index in [9.17, 15) is 4.21 Å². The SMILES string of the molecule is CC1CCS(=O)CC(c2cccc(Br)c2)N1. The average Bonchev–Trinajstić information content (AvgIpc) is 2.41. The minimum Gasteiger partial charge on any atom is -0.307 e. The summed E-state index contributed by atoms with van der Waals surface area (Å²) in [6.45, 7) is 2.16. The third-order valence-corrected chi connectivity index (χ3v) is 4.76. The molecule has 0 saturated carbocycles. The molecule has 1 aliphatic rings. The summed E-state index contributed by atoms with van der Waals surface area (Å²) in [5.41, 5.74) is 1.22. The summed E-state index contributed by atoms with van der Waals surface area (Å²) >= 11 is 3.47. The Kier molecular flexibility index (Phi) is 4.16. The maximum atomic E-state index is 11.8. The Morgan fingerprint density at radius 3 is 3.06 bits per heavy atom. The number of halogens is 1. The standard InChI is InChI=1S/C12H16BrNOS/c1-9-5-6-16(15)8-12(14-9)10-3-2-4-11(13)7-10/h2-4,7,9,12,14H,5-6,8H2,1H3. The molecular weight excluding hydrogens is 286 g/mol. The Morgan fingerprint density at radius 1 is 1.50 bits per heavy atom. The van der Waals surface area contributed by atoms with E-state index in [1.165, 1.54) is 5.56 Å². The van der Waals surface area contributed by atoms with Gasteiger partial charge in [0.15, 0.2) is 0 Å². The molecule has 1 aromatic rings. The molecule has 2 nitrogen and oxygen atoms in total. The second kappa shape index (κ2) is 5.43. The van der Waals surface area contributed by atoms with Crippen molar-refractivity contribution < 1.29 is 4.21 Å². The van der Waals surface area contributed by atoms with Crippen molar-refractivity contribution in [3.05, 3.63) is 34.3 Å². The summed E-state index contributed by atoms with van der Waals surface area (Å²) in [4.78, 5) is 0. The molecule has 4 heteroatoms. The Morgan fingerprint density at radius 2 is 2.31 bits per heavy atom. The van der Waals surface area contributed by atoms with Gasteiger partial charge in [0.25, 0.3) is 0 Å². The van der Waals surface area contributed by atoms with Gasteiger partial charge in [0.1, 0.15) is 0 Å². The Bertz CT molecular complexity index is 396. The van der Waals surface area contributed by atoms with Crippen molar-refractivity contribution in [3.63, 3.8) is 0 Å². The first-order chi connectivity index (χ1) is 7.65. The van der Waals surface area contributed by atoms with Crippen molar-refractivity contribution in [2.75, 3.05) is 11.5 Å². The quantitative estimate of drug-likeness (QED) is 0.864. The van der Waals surface area contributed by atoms with Crippen LogP contribution in [0.1, 0.15) is 24.9 Å². The predicted octanol–water partition coefficient (Wildman–Crippen LogP) is 2.62. The lowest BCUT2D eigenvalue weighted by atomic mass is 10.1. The van der Waals surface area contributed by atoms with Crippen LogP contribution in [0.4, 0.5) is 0 Å². The molecule has 1 heterocycles. The van der Waals surface area contributed by atoms with Crippen LogP contribution in [-0.2, 0) is 10.8 Å². The summed E-state index contributed by atoms with van der Waals surface area (Å²) in [6.07, 6.45) is 0.997. The molecule has 88 valence electrons. The maximum Gasteiger partial charge on any atom is 0.0439 e. The number of rotatable bonds is 1. The van der Waals surface area contributed by atoms with Crippen LogP contribution >= 0.6 is 15.9 Å². The number of hydrogen-bond donors (Lipinski definition) is 1. The van der Waals surface area contributed by atoms with Gasteiger partial charge in [-0.05, 0) is 31.0 Å².